The fourth-order valence-electron chi connectivity index (χ4n) is 2.58. The summed E-state index contributed by atoms with van der Waals surface area (Å²) in [6, 6.07) is 2.34. The molecule has 1 fully saturated rings. The van der Waals surface area contributed by atoms with E-state index in [1.165, 1.54) is 19.3 Å². The van der Waals surface area contributed by atoms with Crippen LogP contribution in [0.15, 0.2) is 6.07 Å². The quantitative estimate of drug-likeness (QED) is 0.564. The molecule has 0 spiro atoms. The van der Waals surface area contributed by atoms with E-state index in [2.05, 4.69) is 34.6 Å². The first-order chi connectivity index (χ1) is 8.55. The second kappa shape index (κ2) is 5.10. The molecule has 2 rings (SSSR count). The van der Waals surface area contributed by atoms with Crippen LogP contribution in [0.2, 0.25) is 0 Å². The number of hydrazine groups is 1. The summed E-state index contributed by atoms with van der Waals surface area (Å²) >= 11 is 0. The maximum absolute atomic E-state index is 5.44. The van der Waals surface area contributed by atoms with Crippen molar-refractivity contribution in [1.29, 1.82) is 0 Å². The summed E-state index contributed by atoms with van der Waals surface area (Å²) in [5.41, 5.74) is 2.92. The Bertz CT molecular complexity index is 394. The van der Waals surface area contributed by atoms with Crippen molar-refractivity contribution >= 4 is 11.6 Å². The molecule has 1 aromatic rings. The van der Waals surface area contributed by atoms with Crippen LogP contribution in [0.4, 0.5) is 11.6 Å². The largest absolute Gasteiger partial charge is 0.367 e. The minimum Gasteiger partial charge on any atom is -0.367 e. The summed E-state index contributed by atoms with van der Waals surface area (Å²) in [5, 5.41) is 3.53. The molecule has 1 aliphatic carbocycles. The molecule has 5 nitrogen and oxygen atoms in total. The van der Waals surface area contributed by atoms with Gasteiger partial charge in [-0.2, -0.15) is 0 Å². The molecule has 1 aromatic heterocycles. The third kappa shape index (κ3) is 2.72. The molecule has 0 bridgehead atoms. The average Bonchev–Trinajstić information content (AvgIpc) is 2.68. The van der Waals surface area contributed by atoms with Gasteiger partial charge in [0.25, 0.3) is 0 Å². The first-order valence-electron chi connectivity index (χ1n) is 6.66. The molecule has 4 N–H and O–H groups in total. The van der Waals surface area contributed by atoms with E-state index in [1.54, 1.807) is 0 Å². The van der Waals surface area contributed by atoms with Gasteiger partial charge in [-0.25, -0.2) is 15.8 Å². The highest BCUT2D eigenvalue weighted by Crippen LogP contribution is 2.38. The number of nitrogen functional groups attached to an aromatic ring is 1. The van der Waals surface area contributed by atoms with Crippen molar-refractivity contribution in [2.24, 2.45) is 11.3 Å². The topological polar surface area (TPSA) is 75.9 Å². The highest BCUT2D eigenvalue weighted by atomic mass is 15.3. The lowest BCUT2D eigenvalue weighted by Crippen LogP contribution is -2.31. The minimum atomic E-state index is 0.327. The number of nitrogens with two attached hydrogens (primary N) is 1. The van der Waals surface area contributed by atoms with E-state index in [-0.39, 0.29) is 0 Å². The fraction of sp³-hybridized carbons (Fsp3) is 0.692. The lowest BCUT2D eigenvalue weighted by Gasteiger charge is -2.28. The standard InChI is InChI=1S/C13H23N5/c1-4-10-16-11(8-12(17-10)18-14)15-9-6-5-7-13(9,2)3/h8-9H,4-7,14H2,1-3H3,(H2,15,16,17,18). The fourth-order valence-corrected chi connectivity index (χ4v) is 2.58. The number of anilines is 2. The van der Waals surface area contributed by atoms with Gasteiger partial charge in [0, 0.05) is 18.5 Å². The van der Waals surface area contributed by atoms with E-state index in [0.717, 1.165) is 18.1 Å². The highest BCUT2D eigenvalue weighted by Gasteiger charge is 2.34. The molecule has 18 heavy (non-hydrogen) atoms. The van der Waals surface area contributed by atoms with Gasteiger partial charge in [-0.3, -0.25) is 0 Å². The predicted molar refractivity (Wildman–Crippen MR) is 74.3 cm³/mol. The maximum Gasteiger partial charge on any atom is 0.145 e. The molecule has 0 radical (unpaired) electrons. The van der Waals surface area contributed by atoms with Crippen LogP contribution in [0.5, 0.6) is 0 Å². The number of rotatable bonds is 4. The molecule has 0 saturated heterocycles. The predicted octanol–water partition coefficient (Wildman–Crippen LogP) is 2.32. The summed E-state index contributed by atoms with van der Waals surface area (Å²) in [4.78, 5) is 8.81. The Kier molecular flexibility index (Phi) is 3.71. The van der Waals surface area contributed by atoms with E-state index in [4.69, 9.17) is 5.84 Å². The Morgan fingerprint density at radius 2 is 2.11 bits per heavy atom. The van der Waals surface area contributed by atoms with E-state index < -0.39 is 0 Å². The number of aromatic nitrogens is 2. The van der Waals surface area contributed by atoms with E-state index >= 15 is 0 Å². The van der Waals surface area contributed by atoms with Gasteiger partial charge < -0.3 is 10.7 Å². The molecule has 1 aliphatic rings. The Morgan fingerprint density at radius 1 is 1.39 bits per heavy atom. The van der Waals surface area contributed by atoms with Gasteiger partial charge in [0.15, 0.2) is 0 Å². The minimum absolute atomic E-state index is 0.327. The Balaban J connectivity index is 2.18. The third-order valence-corrected chi connectivity index (χ3v) is 3.82. The molecule has 1 atom stereocenters. The lowest BCUT2D eigenvalue weighted by atomic mass is 9.87. The van der Waals surface area contributed by atoms with Crippen molar-refractivity contribution in [3.8, 4) is 0 Å². The first kappa shape index (κ1) is 13.1. The number of nitrogens with one attached hydrogen (secondary N) is 2. The second-order valence-electron chi connectivity index (χ2n) is 5.63. The Morgan fingerprint density at radius 3 is 2.67 bits per heavy atom. The molecule has 0 aliphatic heterocycles. The molecule has 5 heteroatoms. The SMILES string of the molecule is CCc1nc(NN)cc(NC2CCCC2(C)C)n1. The lowest BCUT2D eigenvalue weighted by molar-refractivity contribution is 0.349. The molecular weight excluding hydrogens is 226 g/mol. The normalized spacial score (nSPS) is 21.9. The van der Waals surface area contributed by atoms with Gasteiger partial charge in [-0.1, -0.05) is 27.2 Å². The van der Waals surface area contributed by atoms with Crippen LogP contribution in [-0.4, -0.2) is 16.0 Å². The van der Waals surface area contributed by atoms with E-state index in [1.807, 2.05) is 13.0 Å². The van der Waals surface area contributed by atoms with Crippen LogP contribution < -0.4 is 16.6 Å². The van der Waals surface area contributed by atoms with Crippen molar-refractivity contribution in [3.63, 3.8) is 0 Å². The maximum atomic E-state index is 5.44. The molecule has 100 valence electrons. The van der Waals surface area contributed by atoms with Crippen LogP contribution in [0.1, 0.15) is 45.9 Å². The summed E-state index contributed by atoms with van der Waals surface area (Å²) in [6.07, 6.45) is 4.54. The van der Waals surface area contributed by atoms with Crippen LogP contribution in [0.25, 0.3) is 0 Å². The Labute approximate surface area is 109 Å². The first-order valence-corrected chi connectivity index (χ1v) is 6.66. The van der Waals surface area contributed by atoms with Gasteiger partial charge in [-0.15, -0.1) is 0 Å². The van der Waals surface area contributed by atoms with Crippen molar-refractivity contribution in [3.05, 3.63) is 11.9 Å². The summed E-state index contributed by atoms with van der Waals surface area (Å²) < 4.78 is 0. The summed E-state index contributed by atoms with van der Waals surface area (Å²) in [6.45, 7) is 6.66. The van der Waals surface area contributed by atoms with Crippen molar-refractivity contribution in [2.75, 3.05) is 10.7 Å². The third-order valence-electron chi connectivity index (χ3n) is 3.82. The van der Waals surface area contributed by atoms with Gasteiger partial charge in [0.2, 0.25) is 0 Å². The zero-order valence-corrected chi connectivity index (χ0v) is 11.5. The highest BCUT2D eigenvalue weighted by molar-refractivity contribution is 5.47. The average molecular weight is 249 g/mol. The van der Waals surface area contributed by atoms with E-state index in [9.17, 15) is 0 Å². The molecule has 0 amide bonds. The van der Waals surface area contributed by atoms with Crippen LogP contribution in [0, 0.1) is 5.41 Å². The van der Waals surface area contributed by atoms with Crippen molar-refractivity contribution in [2.45, 2.75) is 52.5 Å². The molecule has 1 unspecified atom stereocenters. The van der Waals surface area contributed by atoms with E-state index in [0.29, 0.717) is 17.3 Å². The zero-order chi connectivity index (χ0) is 13.2. The number of hydrogen-bond donors (Lipinski definition) is 3. The summed E-state index contributed by atoms with van der Waals surface area (Å²) in [7, 11) is 0. The van der Waals surface area contributed by atoms with Crippen LogP contribution in [-0.2, 0) is 6.42 Å². The molecule has 0 aromatic carbocycles. The van der Waals surface area contributed by atoms with Gasteiger partial charge >= 0.3 is 0 Å². The smallest absolute Gasteiger partial charge is 0.145 e. The van der Waals surface area contributed by atoms with Crippen LogP contribution >= 0.6 is 0 Å². The van der Waals surface area contributed by atoms with Gasteiger partial charge in [-0.05, 0) is 18.3 Å². The van der Waals surface area contributed by atoms with Gasteiger partial charge in [0.05, 0.1) is 0 Å². The summed E-state index contributed by atoms with van der Waals surface area (Å²) in [5.74, 6) is 7.78. The Hall–Kier alpha value is -1.36. The van der Waals surface area contributed by atoms with Crippen molar-refractivity contribution in [1.82, 2.24) is 9.97 Å². The van der Waals surface area contributed by atoms with Gasteiger partial charge in [0.1, 0.15) is 17.5 Å². The second-order valence-corrected chi connectivity index (χ2v) is 5.63. The molecular formula is C13H23N5. The number of aryl methyl sites for hydroxylation is 1. The monoisotopic (exact) mass is 249 g/mol. The zero-order valence-electron chi connectivity index (χ0n) is 11.5. The number of nitrogens with zero attached hydrogens (tertiary/aromatic N) is 2. The van der Waals surface area contributed by atoms with Crippen LogP contribution in [0.3, 0.4) is 0 Å². The van der Waals surface area contributed by atoms with Crippen molar-refractivity contribution < 1.29 is 0 Å². The number of hydrogen-bond acceptors (Lipinski definition) is 5. The molecule has 1 saturated carbocycles. The molecule has 1 heterocycles.